The standard InChI is InChI=1S/C13H14N3/c1-15-10-13(8-14-15)16-7-6-11-4-2-3-5-12(11)9-16/h2,4-5,8,10H,6-7,9H2,1H3. The molecule has 1 aromatic heterocycles. The molecule has 0 aliphatic carbocycles. The predicted molar refractivity (Wildman–Crippen MR) is 63.2 cm³/mol. The van der Waals surface area contributed by atoms with Gasteiger partial charge in [0.1, 0.15) is 0 Å². The van der Waals surface area contributed by atoms with Gasteiger partial charge in [0.15, 0.2) is 0 Å². The van der Waals surface area contributed by atoms with Crippen molar-refractivity contribution in [1.29, 1.82) is 0 Å². The zero-order valence-corrected chi connectivity index (χ0v) is 9.35. The first kappa shape index (κ1) is 9.46. The molecule has 3 heteroatoms. The monoisotopic (exact) mass is 212 g/mol. The Morgan fingerprint density at radius 2 is 2.31 bits per heavy atom. The summed E-state index contributed by atoms with van der Waals surface area (Å²) < 4.78 is 1.85. The summed E-state index contributed by atoms with van der Waals surface area (Å²) in [6.07, 6.45) is 5.11. The van der Waals surface area contributed by atoms with Crippen LogP contribution in [0.1, 0.15) is 11.1 Å². The third-order valence-corrected chi connectivity index (χ3v) is 3.12. The second-order valence-electron chi connectivity index (χ2n) is 4.24. The molecule has 81 valence electrons. The number of nitrogens with zero attached hydrogens (tertiary/aromatic N) is 3. The maximum absolute atomic E-state index is 4.21. The normalized spacial score (nSPS) is 14.9. The second kappa shape index (κ2) is 3.67. The summed E-state index contributed by atoms with van der Waals surface area (Å²) in [5.74, 6) is 0. The quantitative estimate of drug-likeness (QED) is 0.718. The molecule has 3 rings (SSSR count). The van der Waals surface area contributed by atoms with Gasteiger partial charge in [-0.15, -0.1) is 0 Å². The highest BCUT2D eigenvalue weighted by molar-refractivity contribution is 5.46. The highest BCUT2D eigenvalue weighted by Crippen LogP contribution is 2.23. The van der Waals surface area contributed by atoms with Gasteiger partial charge in [-0.1, -0.05) is 12.1 Å². The van der Waals surface area contributed by atoms with Crippen molar-refractivity contribution in [3.63, 3.8) is 0 Å². The summed E-state index contributed by atoms with van der Waals surface area (Å²) in [5.41, 5.74) is 4.05. The molecular formula is C13H14N3. The molecule has 1 aliphatic heterocycles. The molecule has 0 saturated heterocycles. The number of hydrogen-bond acceptors (Lipinski definition) is 2. The van der Waals surface area contributed by atoms with E-state index in [1.807, 2.05) is 24.0 Å². The molecule has 0 saturated carbocycles. The number of fused-ring (bicyclic) bond motifs is 1. The number of aryl methyl sites for hydroxylation is 1. The van der Waals surface area contributed by atoms with Gasteiger partial charge in [-0.05, 0) is 29.7 Å². The lowest BCUT2D eigenvalue weighted by atomic mass is 10.00. The minimum absolute atomic E-state index is 0.971. The summed E-state index contributed by atoms with van der Waals surface area (Å²) >= 11 is 0. The van der Waals surface area contributed by atoms with E-state index in [4.69, 9.17) is 0 Å². The average Bonchev–Trinajstić information content (AvgIpc) is 2.75. The van der Waals surface area contributed by atoms with Gasteiger partial charge in [0.2, 0.25) is 0 Å². The summed E-state index contributed by atoms with van der Waals surface area (Å²) in [7, 11) is 1.95. The van der Waals surface area contributed by atoms with E-state index in [0.29, 0.717) is 0 Å². The molecule has 1 aliphatic rings. The molecule has 0 amide bonds. The lowest BCUT2D eigenvalue weighted by Crippen LogP contribution is -2.29. The van der Waals surface area contributed by atoms with Gasteiger partial charge in [-0.3, -0.25) is 4.68 Å². The van der Waals surface area contributed by atoms with Crippen molar-refractivity contribution >= 4 is 5.69 Å². The third kappa shape index (κ3) is 1.58. The summed E-state index contributed by atoms with van der Waals surface area (Å²) in [6, 6.07) is 9.42. The van der Waals surface area contributed by atoms with Crippen molar-refractivity contribution < 1.29 is 0 Å². The van der Waals surface area contributed by atoms with Crippen LogP contribution in [0.15, 0.2) is 30.6 Å². The minimum Gasteiger partial charge on any atom is -0.364 e. The molecule has 0 unspecified atom stereocenters. The largest absolute Gasteiger partial charge is 0.364 e. The number of anilines is 1. The van der Waals surface area contributed by atoms with Gasteiger partial charge in [-0.25, -0.2) is 0 Å². The summed E-state index contributed by atoms with van der Waals surface area (Å²) in [6.45, 7) is 2.04. The van der Waals surface area contributed by atoms with Crippen LogP contribution in [0.4, 0.5) is 5.69 Å². The predicted octanol–water partition coefficient (Wildman–Crippen LogP) is 1.78. The zero-order valence-electron chi connectivity index (χ0n) is 9.35. The fraction of sp³-hybridized carbons (Fsp3) is 0.308. The van der Waals surface area contributed by atoms with Gasteiger partial charge >= 0.3 is 0 Å². The highest BCUT2D eigenvalue weighted by Gasteiger charge is 2.16. The minimum atomic E-state index is 0.971. The molecule has 0 bridgehead atoms. The van der Waals surface area contributed by atoms with Gasteiger partial charge in [0.05, 0.1) is 11.9 Å². The fourth-order valence-corrected chi connectivity index (χ4v) is 2.22. The third-order valence-electron chi connectivity index (χ3n) is 3.12. The molecule has 0 N–H and O–H groups in total. The Labute approximate surface area is 95.3 Å². The molecule has 1 radical (unpaired) electrons. The first-order valence-electron chi connectivity index (χ1n) is 5.54. The lowest BCUT2D eigenvalue weighted by Gasteiger charge is -2.29. The van der Waals surface area contributed by atoms with Crippen molar-refractivity contribution in [2.24, 2.45) is 7.05 Å². The molecular weight excluding hydrogens is 198 g/mol. The number of hydrogen-bond donors (Lipinski definition) is 0. The molecule has 16 heavy (non-hydrogen) atoms. The Morgan fingerprint density at radius 3 is 3.12 bits per heavy atom. The number of rotatable bonds is 1. The van der Waals surface area contributed by atoms with Crippen molar-refractivity contribution in [2.75, 3.05) is 11.4 Å². The van der Waals surface area contributed by atoms with Gasteiger partial charge in [0.25, 0.3) is 0 Å². The van der Waals surface area contributed by atoms with E-state index in [9.17, 15) is 0 Å². The summed E-state index contributed by atoms with van der Waals surface area (Å²) in [4.78, 5) is 2.36. The molecule has 2 heterocycles. The second-order valence-corrected chi connectivity index (χ2v) is 4.24. The van der Waals surface area contributed by atoms with E-state index in [1.54, 1.807) is 0 Å². The van der Waals surface area contributed by atoms with E-state index in [2.05, 4.69) is 34.4 Å². The topological polar surface area (TPSA) is 21.1 Å². The zero-order chi connectivity index (χ0) is 11.0. The Morgan fingerprint density at radius 1 is 1.38 bits per heavy atom. The molecule has 0 fully saturated rings. The van der Waals surface area contributed by atoms with Crippen LogP contribution in [0.3, 0.4) is 0 Å². The molecule has 1 aromatic carbocycles. The molecule has 3 nitrogen and oxygen atoms in total. The van der Waals surface area contributed by atoms with Crippen molar-refractivity contribution in [2.45, 2.75) is 13.0 Å². The average molecular weight is 212 g/mol. The Kier molecular flexibility index (Phi) is 2.17. The Balaban J connectivity index is 1.88. The van der Waals surface area contributed by atoms with Crippen LogP contribution in [0.25, 0.3) is 0 Å². The van der Waals surface area contributed by atoms with E-state index in [1.165, 1.54) is 16.8 Å². The highest BCUT2D eigenvalue weighted by atomic mass is 15.3. The number of aromatic nitrogens is 2. The molecule has 0 spiro atoms. The molecule has 2 aromatic rings. The van der Waals surface area contributed by atoms with Crippen molar-refractivity contribution in [1.82, 2.24) is 9.78 Å². The Bertz CT molecular complexity index is 501. The molecule has 0 atom stereocenters. The number of benzene rings is 1. The van der Waals surface area contributed by atoms with E-state index < -0.39 is 0 Å². The summed E-state index contributed by atoms with van der Waals surface area (Å²) in [5, 5.41) is 4.21. The van der Waals surface area contributed by atoms with Crippen LogP contribution < -0.4 is 4.90 Å². The van der Waals surface area contributed by atoms with Crippen molar-refractivity contribution in [3.8, 4) is 0 Å². The van der Waals surface area contributed by atoms with E-state index in [-0.39, 0.29) is 0 Å². The van der Waals surface area contributed by atoms with Crippen LogP contribution in [-0.2, 0) is 20.0 Å². The first-order valence-corrected chi connectivity index (χ1v) is 5.54. The maximum Gasteiger partial charge on any atom is 0.0755 e. The van der Waals surface area contributed by atoms with Crippen LogP contribution >= 0.6 is 0 Å². The smallest absolute Gasteiger partial charge is 0.0755 e. The van der Waals surface area contributed by atoms with Crippen LogP contribution in [-0.4, -0.2) is 16.3 Å². The Hall–Kier alpha value is -1.77. The van der Waals surface area contributed by atoms with Crippen LogP contribution in [0, 0.1) is 6.07 Å². The fourth-order valence-electron chi connectivity index (χ4n) is 2.22. The van der Waals surface area contributed by atoms with Crippen LogP contribution in [0.5, 0.6) is 0 Å². The first-order chi connectivity index (χ1) is 7.83. The SMILES string of the molecule is Cn1cc(N2CCc3cc[c]cc3C2)cn1. The van der Waals surface area contributed by atoms with Gasteiger partial charge in [0, 0.05) is 26.3 Å². The van der Waals surface area contributed by atoms with Crippen LogP contribution in [0.2, 0.25) is 0 Å². The maximum atomic E-state index is 4.21. The van der Waals surface area contributed by atoms with E-state index in [0.717, 1.165) is 19.5 Å². The van der Waals surface area contributed by atoms with Gasteiger partial charge < -0.3 is 4.90 Å². The van der Waals surface area contributed by atoms with Crippen molar-refractivity contribution in [3.05, 3.63) is 47.8 Å². The lowest BCUT2D eigenvalue weighted by molar-refractivity contribution is 0.729. The van der Waals surface area contributed by atoms with Gasteiger partial charge in [-0.2, -0.15) is 5.10 Å². The van der Waals surface area contributed by atoms with E-state index >= 15 is 0 Å².